The van der Waals surface area contributed by atoms with Gasteiger partial charge in [-0.05, 0) is 66.4 Å². The predicted molar refractivity (Wildman–Crippen MR) is 158 cm³/mol. The van der Waals surface area contributed by atoms with Crippen LogP contribution >= 0.6 is 11.6 Å². The highest BCUT2D eigenvalue weighted by Crippen LogP contribution is 2.26. The molecule has 3 rings (SSSR count). The van der Waals surface area contributed by atoms with Crippen LogP contribution in [0.3, 0.4) is 0 Å². The van der Waals surface area contributed by atoms with E-state index in [1.807, 2.05) is 32.9 Å². The van der Waals surface area contributed by atoms with Crippen molar-refractivity contribution in [3.63, 3.8) is 0 Å². The van der Waals surface area contributed by atoms with Crippen LogP contribution in [0.25, 0.3) is 0 Å². The highest BCUT2D eigenvalue weighted by atomic mass is 35.5. The van der Waals surface area contributed by atoms with Gasteiger partial charge in [-0.1, -0.05) is 62.7 Å². The van der Waals surface area contributed by atoms with Gasteiger partial charge in [0.2, 0.25) is 11.8 Å². The zero-order chi connectivity index (χ0) is 29.3. The number of para-hydroxylation sites is 1. The van der Waals surface area contributed by atoms with Crippen LogP contribution in [0.4, 0.5) is 5.69 Å². The van der Waals surface area contributed by atoms with Crippen LogP contribution in [-0.4, -0.2) is 51.4 Å². The van der Waals surface area contributed by atoms with Gasteiger partial charge in [0.05, 0.1) is 17.7 Å². The van der Waals surface area contributed by atoms with Gasteiger partial charge in [0.25, 0.3) is 10.0 Å². The SMILES string of the molecule is CC[C@@H](C(=O)NCC(C)C)N(Cc1ccc(OC)cc1)C(=O)CN(c1ccccc1)S(=O)(=O)c1ccc(Cl)cc1. The van der Waals surface area contributed by atoms with Crippen LogP contribution in [0.1, 0.15) is 32.8 Å². The predicted octanol–water partition coefficient (Wildman–Crippen LogP) is 5.12. The summed E-state index contributed by atoms with van der Waals surface area (Å²) in [7, 11) is -2.58. The lowest BCUT2D eigenvalue weighted by molar-refractivity contribution is -0.140. The minimum atomic E-state index is -4.15. The third-order valence-electron chi connectivity index (χ3n) is 6.31. The van der Waals surface area contributed by atoms with Gasteiger partial charge in [0.1, 0.15) is 18.3 Å². The number of hydrogen-bond acceptors (Lipinski definition) is 5. The number of rotatable bonds is 13. The van der Waals surface area contributed by atoms with Crippen LogP contribution in [0.15, 0.2) is 83.8 Å². The molecule has 0 saturated heterocycles. The lowest BCUT2D eigenvalue weighted by Gasteiger charge is -2.33. The number of benzene rings is 3. The number of carbonyl (C=O) groups excluding carboxylic acids is 2. The second-order valence-corrected chi connectivity index (χ2v) is 12.0. The quantitative estimate of drug-likeness (QED) is 0.300. The summed E-state index contributed by atoms with van der Waals surface area (Å²) in [4.78, 5) is 28.7. The summed E-state index contributed by atoms with van der Waals surface area (Å²) in [6.45, 7) is 5.87. The van der Waals surface area contributed by atoms with Crippen molar-refractivity contribution in [2.75, 3.05) is 24.5 Å². The largest absolute Gasteiger partial charge is 0.497 e. The molecule has 1 N–H and O–H groups in total. The summed E-state index contributed by atoms with van der Waals surface area (Å²) < 4.78 is 33.9. The fraction of sp³-hybridized carbons (Fsp3) is 0.333. The first kappa shape index (κ1) is 31.0. The van der Waals surface area contributed by atoms with Gasteiger partial charge in [-0.15, -0.1) is 0 Å². The van der Waals surface area contributed by atoms with Crippen molar-refractivity contribution in [3.05, 3.63) is 89.4 Å². The van der Waals surface area contributed by atoms with Gasteiger partial charge in [0.15, 0.2) is 0 Å². The number of hydrogen-bond donors (Lipinski definition) is 1. The number of methoxy groups -OCH3 is 1. The summed E-state index contributed by atoms with van der Waals surface area (Å²) in [6, 6.07) is 20.6. The summed E-state index contributed by atoms with van der Waals surface area (Å²) >= 11 is 5.99. The molecule has 0 aliphatic carbocycles. The number of nitrogens with one attached hydrogen (secondary N) is 1. The van der Waals surface area contributed by atoms with E-state index in [4.69, 9.17) is 16.3 Å². The lowest BCUT2D eigenvalue weighted by atomic mass is 10.1. The van der Waals surface area contributed by atoms with Crippen molar-refractivity contribution in [1.82, 2.24) is 10.2 Å². The molecule has 1 atom stereocenters. The monoisotopic (exact) mass is 585 g/mol. The molecule has 0 aliphatic heterocycles. The number of carbonyl (C=O) groups is 2. The molecule has 3 aromatic carbocycles. The molecule has 0 bridgehead atoms. The molecule has 2 amide bonds. The van der Waals surface area contributed by atoms with Gasteiger partial charge in [0, 0.05) is 18.1 Å². The Morgan fingerprint density at radius 3 is 2.12 bits per heavy atom. The van der Waals surface area contributed by atoms with Crippen LogP contribution in [-0.2, 0) is 26.2 Å². The van der Waals surface area contributed by atoms with Gasteiger partial charge in [-0.2, -0.15) is 0 Å². The summed E-state index contributed by atoms with van der Waals surface area (Å²) in [5.74, 6) is 0.0894. The number of anilines is 1. The maximum atomic E-state index is 14.0. The molecule has 0 radical (unpaired) electrons. The molecule has 10 heteroatoms. The van der Waals surface area contributed by atoms with E-state index in [1.54, 1.807) is 49.6 Å². The molecule has 0 saturated carbocycles. The van der Waals surface area contributed by atoms with E-state index in [0.29, 0.717) is 29.4 Å². The van der Waals surface area contributed by atoms with Crippen molar-refractivity contribution in [3.8, 4) is 5.75 Å². The topological polar surface area (TPSA) is 96.0 Å². The Bertz CT molecular complexity index is 1360. The lowest BCUT2D eigenvalue weighted by Crippen LogP contribution is -2.52. The Hall–Kier alpha value is -3.56. The van der Waals surface area contributed by atoms with Gasteiger partial charge < -0.3 is 15.0 Å². The Balaban J connectivity index is 2.01. The van der Waals surface area contributed by atoms with Crippen molar-refractivity contribution >= 4 is 39.1 Å². The second-order valence-electron chi connectivity index (χ2n) is 9.73. The first-order valence-electron chi connectivity index (χ1n) is 13.1. The number of halogens is 1. The maximum Gasteiger partial charge on any atom is 0.264 e. The molecule has 0 spiro atoms. The summed E-state index contributed by atoms with van der Waals surface area (Å²) in [6.07, 6.45) is 0.348. The van der Waals surface area contributed by atoms with E-state index in [2.05, 4.69) is 5.32 Å². The van der Waals surface area contributed by atoms with Gasteiger partial charge in [-0.25, -0.2) is 8.42 Å². The molecule has 0 aromatic heterocycles. The summed E-state index contributed by atoms with van der Waals surface area (Å²) in [5, 5.41) is 3.32. The van der Waals surface area contributed by atoms with E-state index < -0.39 is 28.5 Å². The highest BCUT2D eigenvalue weighted by molar-refractivity contribution is 7.92. The van der Waals surface area contributed by atoms with Crippen LogP contribution in [0, 0.1) is 5.92 Å². The minimum absolute atomic E-state index is 0.00280. The van der Waals surface area contributed by atoms with E-state index in [9.17, 15) is 18.0 Å². The first-order valence-corrected chi connectivity index (χ1v) is 14.9. The molecule has 3 aromatic rings. The third-order valence-corrected chi connectivity index (χ3v) is 8.35. The Morgan fingerprint density at radius 2 is 1.57 bits per heavy atom. The van der Waals surface area contributed by atoms with Crippen LogP contribution in [0.2, 0.25) is 5.02 Å². The van der Waals surface area contributed by atoms with E-state index >= 15 is 0 Å². The molecule has 0 unspecified atom stereocenters. The van der Waals surface area contributed by atoms with Gasteiger partial charge >= 0.3 is 0 Å². The van der Waals surface area contributed by atoms with Crippen LogP contribution in [0.5, 0.6) is 5.75 Å². The minimum Gasteiger partial charge on any atom is -0.497 e. The average molecular weight is 586 g/mol. The number of ether oxygens (including phenoxy) is 1. The van der Waals surface area contributed by atoms with Crippen molar-refractivity contribution < 1.29 is 22.7 Å². The number of sulfonamides is 1. The summed E-state index contributed by atoms with van der Waals surface area (Å²) in [5.41, 5.74) is 1.10. The Kier molecular flexibility index (Phi) is 11.0. The Morgan fingerprint density at radius 1 is 0.950 bits per heavy atom. The van der Waals surface area contributed by atoms with Crippen molar-refractivity contribution in [2.24, 2.45) is 5.92 Å². The standard InChI is InChI=1S/C30H36ClN3O5S/c1-5-28(30(36)32-19-22(2)3)33(20-23-11-15-26(39-4)16-12-23)29(35)21-34(25-9-7-6-8-10-25)40(37,38)27-17-13-24(31)14-18-27/h6-18,22,28H,5,19-21H2,1-4H3,(H,32,36)/t28-/m0/s1. The molecular weight excluding hydrogens is 550 g/mol. The molecule has 0 aliphatic rings. The van der Waals surface area contributed by atoms with Crippen molar-refractivity contribution in [1.29, 1.82) is 0 Å². The molecule has 0 fully saturated rings. The zero-order valence-corrected chi connectivity index (χ0v) is 24.8. The first-order chi connectivity index (χ1) is 19.1. The number of nitrogens with zero attached hydrogens (tertiary/aromatic N) is 2. The Labute approximate surface area is 241 Å². The third kappa shape index (κ3) is 7.99. The van der Waals surface area contributed by atoms with E-state index in [-0.39, 0.29) is 23.3 Å². The molecule has 40 heavy (non-hydrogen) atoms. The fourth-order valence-corrected chi connectivity index (χ4v) is 5.67. The maximum absolute atomic E-state index is 14.0. The van der Waals surface area contributed by atoms with Crippen molar-refractivity contribution in [2.45, 2.75) is 44.7 Å². The number of amides is 2. The smallest absolute Gasteiger partial charge is 0.264 e. The van der Waals surface area contributed by atoms with E-state index in [1.165, 1.54) is 29.2 Å². The molecule has 8 nitrogen and oxygen atoms in total. The second kappa shape index (κ2) is 14.2. The van der Waals surface area contributed by atoms with Crippen LogP contribution < -0.4 is 14.4 Å². The van der Waals surface area contributed by atoms with Gasteiger partial charge in [-0.3, -0.25) is 13.9 Å². The highest BCUT2D eigenvalue weighted by Gasteiger charge is 2.33. The normalized spacial score (nSPS) is 12.1. The molecular formula is C30H36ClN3O5S. The average Bonchev–Trinajstić information content (AvgIpc) is 2.95. The molecule has 0 heterocycles. The zero-order valence-electron chi connectivity index (χ0n) is 23.2. The van der Waals surface area contributed by atoms with E-state index in [0.717, 1.165) is 9.87 Å². The molecule has 214 valence electrons. The fourth-order valence-electron chi connectivity index (χ4n) is 4.13.